The Morgan fingerprint density at radius 3 is 2.52 bits per heavy atom. The SMILES string of the molecule is CC(C)(C)OC(=O)N1Cc2cc(SCC(F)(F)F)ccc2CC1CF. The van der Waals surface area contributed by atoms with E-state index in [0.29, 0.717) is 23.1 Å². The predicted octanol–water partition coefficient (Wildman–Crippen LogP) is 4.97. The van der Waals surface area contributed by atoms with E-state index in [9.17, 15) is 22.4 Å². The number of carbonyl (C=O) groups excluding carboxylic acids is 1. The van der Waals surface area contributed by atoms with Gasteiger partial charge in [0.05, 0.1) is 11.8 Å². The standard InChI is InChI=1S/C17H21F4NO2S/c1-16(2,3)24-15(23)22-9-12-7-14(25-10-17(19,20)21)5-4-11(12)6-13(22)8-18/h4-5,7,13H,6,8-10H2,1-3H3. The number of thioether (sulfide) groups is 1. The van der Waals surface area contributed by atoms with Crippen molar-refractivity contribution in [1.29, 1.82) is 0 Å². The average molecular weight is 379 g/mol. The molecule has 25 heavy (non-hydrogen) atoms. The van der Waals surface area contributed by atoms with E-state index in [1.807, 2.05) is 0 Å². The highest BCUT2D eigenvalue weighted by Crippen LogP contribution is 2.32. The van der Waals surface area contributed by atoms with Crippen molar-refractivity contribution in [3.63, 3.8) is 0 Å². The first kappa shape index (κ1) is 19.9. The number of nitrogens with zero attached hydrogens (tertiary/aromatic N) is 1. The zero-order chi connectivity index (χ0) is 18.8. The fraction of sp³-hybridized carbons (Fsp3) is 0.588. The molecule has 1 aliphatic heterocycles. The Morgan fingerprint density at radius 1 is 1.28 bits per heavy atom. The zero-order valence-corrected chi connectivity index (χ0v) is 15.1. The van der Waals surface area contributed by atoms with Crippen molar-refractivity contribution in [2.45, 2.75) is 56.5 Å². The molecule has 1 aliphatic rings. The molecule has 0 radical (unpaired) electrons. The van der Waals surface area contributed by atoms with Gasteiger partial charge in [-0.15, -0.1) is 11.8 Å². The number of hydrogen-bond acceptors (Lipinski definition) is 3. The van der Waals surface area contributed by atoms with Crippen molar-refractivity contribution in [2.24, 2.45) is 0 Å². The van der Waals surface area contributed by atoms with Crippen LogP contribution in [0.2, 0.25) is 0 Å². The minimum Gasteiger partial charge on any atom is -0.444 e. The van der Waals surface area contributed by atoms with E-state index in [-0.39, 0.29) is 6.54 Å². The Morgan fingerprint density at radius 2 is 1.96 bits per heavy atom. The van der Waals surface area contributed by atoms with Crippen LogP contribution >= 0.6 is 11.8 Å². The number of carbonyl (C=O) groups is 1. The molecular weight excluding hydrogens is 358 g/mol. The molecule has 1 atom stereocenters. The second-order valence-electron chi connectivity index (χ2n) is 6.95. The van der Waals surface area contributed by atoms with Gasteiger partial charge >= 0.3 is 12.3 Å². The third-order valence-electron chi connectivity index (χ3n) is 3.62. The molecule has 8 heteroatoms. The Bertz CT molecular complexity index is 628. The number of rotatable bonds is 3. The molecule has 1 unspecified atom stereocenters. The van der Waals surface area contributed by atoms with E-state index in [1.165, 1.54) is 4.90 Å². The Balaban J connectivity index is 2.17. The van der Waals surface area contributed by atoms with Crippen LogP contribution in [0.3, 0.4) is 0 Å². The van der Waals surface area contributed by atoms with Gasteiger partial charge in [-0.2, -0.15) is 13.2 Å². The summed E-state index contributed by atoms with van der Waals surface area (Å²) in [7, 11) is 0. The summed E-state index contributed by atoms with van der Waals surface area (Å²) in [5.41, 5.74) is 0.865. The molecule has 0 aromatic heterocycles. The van der Waals surface area contributed by atoms with E-state index < -0.39 is 36.3 Å². The van der Waals surface area contributed by atoms with E-state index in [2.05, 4.69) is 0 Å². The van der Waals surface area contributed by atoms with Crippen LogP contribution in [-0.4, -0.2) is 41.2 Å². The molecular formula is C17H21F4NO2S. The van der Waals surface area contributed by atoms with Crippen LogP contribution in [0.4, 0.5) is 22.4 Å². The quantitative estimate of drug-likeness (QED) is 0.548. The lowest BCUT2D eigenvalue weighted by Gasteiger charge is -2.36. The number of amides is 1. The van der Waals surface area contributed by atoms with Crippen LogP contribution in [0.15, 0.2) is 23.1 Å². The lowest BCUT2D eigenvalue weighted by Crippen LogP contribution is -2.47. The van der Waals surface area contributed by atoms with Crippen LogP contribution < -0.4 is 0 Å². The number of benzene rings is 1. The van der Waals surface area contributed by atoms with Crippen LogP contribution in [0, 0.1) is 0 Å². The lowest BCUT2D eigenvalue weighted by atomic mass is 9.95. The number of hydrogen-bond donors (Lipinski definition) is 0. The third-order valence-corrected chi connectivity index (χ3v) is 4.68. The molecule has 0 N–H and O–H groups in total. The highest BCUT2D eigenvalue weighted by Gasteiger charge is 2.33. The Kier molecular flexibility index (Phi) is 5.91. The van der Waals surface area contributed by atoms with Crippen LogP contribution in [0.1, 0.15) is 31.9 Å². The average Bonchev–Trinajstić information content (AvgIpc) is 2.49. The molecule has 1 amide bonds. The van der Waals surface area contributed by atoms with Gasteiger partial charge in [-0.05, 0) is 50.5 Å². The normalized spacial score (nSPS) is 18.0. The van der Waals surface area contributed by atoms with Crippen LogP contribution in [-0.2, 0) is 17.7 Å². The molecule has 0 saturated heterocycles. The summed E-state index contributed by atoms with van der Waals surface area (Å²) < 4.78 is 55.8. The largest absolute Gasteiger partial charge is 0.444 e. The summed E-state index contributed by atoms with van der Waals surface area (Å²) in [4.78, 5) is 14.1. The van der Waals surface area contributed by atoms with Gasteiger partial charge in [-0.1, -0.05) is 6.07 Å². The maximum atomic E-state index is 13.4. The van der Waals surface area contributed by atoms with Gasteiger partial charge in [-0.25, -0.2) is 9.18 Å². The first-order valence-electron chi connectivity index (χ1n) is 7.85. The first-order valence-corrected chi connectivity index (χ1v) is 8.84. The van der Waals surface area contributed by atoms with Gasteiger partial charge in [0.2, 0.25) is 0 Å². The molecule has 0 aliphatic carbocycles. The smallest absolute Gasteiger partial charge is 0.410 e. The highest BCUT2D eigenvalue weighted by atomic mass is 32.2. The molecule has 0 spiro atoms. The van der Waals surface area contributed by atoms with Gasteiger partial charge in [0.15, 0.2) is 0 Å². The van der Waals surface area contributed by atoms with Crippen molar-refractivity contribution < 1.29 is 27.1 Å². The molecule has 1 aromatic rings. The molecule has 2 rings (SSSR count). The molecule has 0 bridgehead atoms. The van der Waals surface area contributed by atoms with Crippen LogP contribution in [0.5, 0.6) is 0 Å². The number of alkyl halides is 4. The highest BCUT2D eigenvalue weighted by molar-refractivity contribution is 7.99. The van der Waals surface area contributed by atoms with Crippen molar-refractivity contribution >= 4 is 17.9 Å². The third kappa shape index (κ3) is 5.80. The van der Waals surface area contributed by atoms with Crippen molar-refractivity contribution in [2.75, 3.05) is 12.4 Å². The number of ether oxygens (including phenoxy) is 1. The summed E-state index contributed by atoms with van der Waals surface area (Å²) in [6.45, 7) is 4.58. The van der Waals surface area contributed by atoms with E-state index in [4.69, 9.17) is 4.74 Å². The number of fused-ring (bicyclic) bond motifs is 1. The van der Waals surface area contributed by atoms with Crippen molar-refractivity contribution in [3.8, 4) is 0 Å². The fourth-order valence-electron chi connectivity index (χ4n) is 2.55. The van der Waals surface area contributed by atoms with Gasteiger partial charge in [0, 0.05) is 11.4 Å². The Labute approximate surface area is 148 Å². The Hall–Kier alpha value is -1.44. The van der Waals surface area contributed by atoms with E-state index >= 15 is 0 Å². The summed E-state index contributed by atoms with van der Waals surface area (Å²) in [6, 6.07) is 4.32. The summed E-state index contributed by atoms with van der Waals surface area (Å²) >= 11 is 0.693. The molecule has 1 heterocycles. The zero-order valence-electron chi connectivity index (χ0n) is 14.3. The maximum absolute atomic E-state index is 13.4. The van der Waals surface area contributed by atoms with Crippen molar-refractivity contribution in [3.05, 3.63) is 29.3 Å². The van der Waals surface area contributed by atoms with Crippen molar-refractivity contribution in [1.82, 2.24) is 4.90 Å². The summed E-state index contributed by atoms with van der Waals surface area (Å²) in [5.74, 6) is -0.978. The second-order valence-corrected chi connectivity index (χ2v) is 8.00. The van der Waals surface area contributed by atoms with Crippen LogP contribution in [0.25, 0.3) is 0 Å². The minimum atomic E-state index is -4.25. The first-order chi connectivity index (χ1) is 11.5. The molecule has 0 fully saturated rings. The van der Waals surface area contributed by atoms with E-state index in [0.717, 1.165) is 11.1 Å². The predicted molar refractivity (Wildman–Crippen MR) is 88.5 cm³/mol. The van der Waals surface area contributed by atoms with Gasteiger partial charge in [-0.3, -0.25) is 4.90 Å². The molecule has 1 aromatic carbocycles. The molecule has 0 saturated carbocycles. The van der Waals surface area contributed by atoms with Gasteiger partial charge < -0.3 is 4.74 Å². The molecule has 140 valence electrons. The summed E-state index contributed by atoms with van der Waals surface area (Å²) in [5, 5.41) is 0. The summed E-state index contributed by atoms with van der Waals surface area (Å²) in [6.07, 6.45) is -4.55. The van der Waals surface area contributed by atoms with Gasteiger partial charge in [0.1, 0.15) is 12.3 Å². The monoisotopic (exact) mass is 379 g/mol. The fourth-order valence-corrected chi connectivity index (χ4v) is 3.27. The van der Waals surface area contributed by atoms with E-state index in [1.54, 1.807) is 39.0 Å². The number of halogens is 4. The topological polar surface area (TPSA) is 29.5 Å². The maximum Gasteiger partial charge on any atom is 0.410 e. The lowest BCUT2D eigenvalue weighted by molar-refractivity contribution is -0.105. The second kappa shape index (κ2) is 7.43. The minimum absolute atomic E-state index is 0.124. The molecule has 3 nitrogen and oxygen atoms in total. The van der Waals surface area contributed by atoms with Gasteiger partial charge in [0.25, 0.3) is 0 Å².